The second-order valence-corrected chi connectivity index (χ2v) is 3.65. The Labute approximate surface area is 88.7 Å². The molecule has 3 heteroatoms. The molecule has 1 atom stereocenters. The minimum absolute atomic E-state index is 0.126. The van der Waals surface area contributed by atoms with Gasteiger partial charge in [0.1, 0.15) is 11.6 Å². The molecule has 0 aliphatic heterocycles. The summed E-state index contributed by atoms with van der Waals surface area (Å²) < 4.78 is 26.3. The van der Waals surface area contributed by atoms with Crippen LogP contribution in [0.15, 0.2) is 18.2 Å². The lowest BCUT2D eigenvalue weighted by Crippen LogP contribution is -2.05. The molecule has 0 aliphatic carbocycles. The van der Waals surface area contributed by atoms with Crippen LogP contribution in [0, 0.1) is 11.6 Å². The SMILES string of the molecule is CCC(O)CCCc1c(F)cccc1F. The number of aliphatic hydroxyl groups is 1. The first-order valence-electron chi connectivity index (χ1n) is 5.26. The van der Waals surface area contributed by atoms with Crippen molar-refractivity contribution >= 4 is 0 Å². The molecule has 1 aromatic carbocycles. The van der Waals surface area contributed by atoms with Crippen LogP contribution < -0.4 is 0 Å². The van der Waals surface area contributed by atoms with Gasteiger partial charge in [-0.1, -0.05) is 13.0 Å². The number of aliphatic hydroxyl groups excluding tert-OH is 1. The van der Waals surface area contributed by atoms with Gasteiger partial charge in [0, 0.05) is 5.56 Å². The minimum Gasteiger partial charge on any atom is -0.393 e. The van der Waals surface area contributed by atoms with Crippen LogP contribution in [0.25, 0.3) is 0 Å². The zero-order valence-corrected chi connectivity index (χ0v) is 8.84. The highest BCUT2D eigenvalue weighted by molar-refractivity contribution is 5.19. The molecule has 1 N–H and O–H groups in total. The topological polar surface area (TPSA) is 20.2 Å². The molecule has 0 bridgehead atoms. The molecule has 0 saturated carbocycles. The second-order valence-electron chi connectivity index (χ2n) is 3.65. The van der Waals surface area contributed by atoms with E-state index in [9.17, 15) is 13.9 Å². The molecule has 84 valence electrons. The Morgan fingerprint density at radius 3 is 2.40 bits per heavy atom. The van der Waals surface area contributed by atoms with E-state index in [0.29, 0.717) is 25.7 Å². The molecule has 0 amide bonds. The quantitative estimate of drug-likeness (QED) is 0.798. The summed E-state index contributed by atoms with van der Waals surface area (Å²) in [5, 5.41) is 9.29. The van der Waals surface area contributed by atoms with Crippen LogP contribution >= 0.6 is 0 Å². The van der Waals surface area contributed by atoms with Crippen molar-refractivity contribution in [3.63, 3.8) is 0 Å². The third-order valence-electron chi connectivity index (χ3n) is 2.50. The van der Waals surface area contributed by atoms with E-state index >= 15 is 0 Å². The van der Waals surface area contributed by atoms with Crippen molar-refractivity contribution in [3.8, 4) is 0 Å². The first kappa shape index (κ1) is 12.1. The lowest BCUT2D eigenvalue weighted by Gasteiger charge is -2.08. The maximum Gasteiger partial charge on any atom is 0.129 e. The Morgan fingerprint density at radius 1 is 1.27 bits per heavy atom. The lowest BCUT2D eigenvalue weighted by atomic mass is 10.0. The Kier molecular flexibility index (Phi) is 4.69. The van der Waals surface area contributed by atoms with E-state index in [-0.39, 0.29) is 11.7 Å². The molecule has 0 radical (unpaired) electrons. The Hall–Kier alpha value is -0.960. The molecule has 1 unspecified atom stereocenters. The molecule has 1 rings (SSSR count). The van der Waals surface area contributed by atoms with Gasteiger partial charge in [0.25, 0.3) is 0 Å². The van der Waals surface area contributed by atoms with Crippen molar-refractivity contribution < 1.29 is 13.9 Å². The maximum atomic E-state index is 13.2. The van der Waals surface area contributed by atoms with Crippen molar-refractivity contribution in [1.29, 1.82) is 0 Å². The summed E-state index contributed by atoms with van der Waals surface area (Å²) in [6, 6.07) is 3.87. The molecular weight excluding hydrogens is 198 g/mol. The molecule has 0 heterocycles. The minimum atomic E-state index is -0.499. The third-order valence-corrected chi connectivity index (χ3v) is 2.50. The highest BCUT2D eigenvalue weighted by Gasteiger charge is 2.08. The number of halogens is 2. The van der Waals surface area contributed by atoms with E-state index in [1.807, 2.05) is 6.92 Å². The summed E-state index contributed by atoms with van der Waals surface area (Å²) in [4.78, 5) is 0. The predicted molar refractivity (Wildman–Crippen MR) is 55.6 cm³/mol. The molecule has 0 spiro atoms. The second kappa shape index (κ2) is 5.81. The van der Waals surface area contributed by atoms with E-state index in [1.165, 1.54) is 18.2 Å². The number of hydrogen-bond donors (Lipinski definition) is 1. The number of benzene rings is 1. The molecule has 0 aliphatic rings. The van der Waals surface area contributed by atoms with Gasteiger partial charge < -0.3 is 5.11 Å². The fourth-order valence-electron chi connectivity index (χ4n) is 1.49. The Bertz CT molecular complexity index is 292. The number of hydrogen-bond acceptors (Lipinski definition) is 1. The van der Waals surface area contributed by atoms with Crippen molar-refractivity contribution in [2.24, 2.45) is 0 Å². The van der Waals surface area contributed by atoms with Gasteiger partial charge in [-0.2, -0.15) is 0 Å². The van der Waals surface area contributed by atoms with Crippen molar-refractivity contribution in [1.82, 2.24) is 0 Å². The van der Waals surface area contributed by atoms with E-state index in [2.05, 4.69) is 0 Å². The average molecular weight is 214 g/mol. The maximum absolute atomic E-state index is 13.2. The summed E-state index contributed by atoms with van der Waals surface area (Å²) in [5.41, 5.74) is 0.126. The van der Waals surface area contributed by atoms with Gasteiger partial charge >= 0.3 is 0 Å². The van der Waals surface area contributed by atoms with Crippen LogP contribution in [0.2, 0.25) is 0 Å². The average Bonchev–Trinajstić information content (AvgIpc) is 2.22. The van der Waals surface area contributed by atoms with Crippen molar-refractivity contribution in [2.45, 2.75) is 38.7 Å². The summed E-state index contributed by atoms with van der Waals surface area (Å²) >= 11 is 0. The number of rotatable bonds is 5. The van der Waals surface area contributed by atoms with Crippen LogP contribution in [0.4, 0.5) is 8.78 Å². The first-order chi connectivity index (χ1) is 7.15. The van der Waals surface area contributed by atoms with Gasteiger partial charge in [0.15, 0.2) is 0 Å². The molecule has 0 aromatic heterocycles. The zero-order valence-electron chi connectivity index (χ0n) is 8.84. The highest BCUT2D eigenvalue weighted by Crippen LogP contribution is 2.15. The summed E-state index contributed by atoms with van der Waals surface area (Å²) in [6.07, 6.45) is 1.85. The smallest absolute Gasteiger partial charge is 0.129 e. The van der Waals surface area contributed by atoms with Crippen LogP contribution in [0.3, 0.4) is 0 Å². The molecule has 15 heavy (non-hydrogen) atoms. The van der Waals surface area contributed by atoms with E-state index < -0.39 is 11.6 Å². The van der Waals surface area contributed by atoms with Gasteiger partial charge in [-0.05, 0) is 37.8 Å². The van der Waals surface area contributed by atoms with Gasteiger partial charge in [0.2, 0.25) is 0 Å². The highest BCUT2D eigenvalue weighted by atomic mass is 19.1. The predicted octanol–water partition coefficient (Wildman–Crippen LogP) is 3.06. The van der Waals surface area contributed by atoms with Gasteiger partial charge in [-0.3, -0.25) is 0 Å². The molecule has 1 nitrogen and oxygen atoms in total. The monoisotopic (exact) mass is 214 g/mol. The summed E-state index contributed by atoms with van der Waals surface area (Å²) in [5.74, 6) is -0.998. The summed E-state index contributed by atoms with van der Waals surface area (Å²) in [7, 11) is 0. The molecule has 0 saturated heterocycles. The van der Waals surface area contributed by atoms with Crippen LogP contribution in [0.1, 0.15) is 31.7 Å². The van der Waals surface area contributed by atoms with Crippen molar-refractivity contribution in [2.75, 3.05) is 0 Å². The van der Waals surface area contributed by atoms with Crippen LogP contribution in [-0.2, 0) is 6.42 Å². The molecular formula is C12H16F2O. The third kappa shape index (κ3) is 3.59. The largest absolute Gasteiger partial charge is 0.393 e. The standard InChI is InChI=1S/C12H16F2O/c1-2-9(15)5-3-6-10-11(13)7-4-8-12(10)14/h4,7-9,15H,2-3,5-6H2,1H3. The fourth-order valence-corrected chi connectivity index (χ4v) is 1.49. The normalized spacial score (nSPS) is 12.8. The zero-order chi connectivity index (χ0) is 11.3. The van der Waals surface area contributed by atoms with E-state index in [1.54, 1.807) is 0 Å². The van der Waals surface area contributed by atoms with E-state index in [4.69, 9.17) is 0 Å². The lowest BCUT2D eigenvalue weighted by molar-refractivity contribution is 0.157. The van der Waals surface area contributed by atoms with E-state index in [0.717, 1.165) is 0 Å². The Balaban J connectivity index is 2.50. The van der Waals surface area contributed by atoms with Crippen LogP contribution in [-0.4, -0.2) is 11.2 Å². The van der Waals surface area contributed by atoms with Gasteiger partial charge in [0.05, 0.1) is 6.10 Å². The van der Waals surface area contributed by atoms with Crippen LogP contribution in [0.5, 0.6) is 0 Å². The van der Waals surface area contributed by atoms with Gasteiger partial charge in [-0.15, -0.1) is 0 Å². The van der Waals surface area contributed by atoms with Crippen molar-refractivity contribution in [3.05, 3.63) is 35.4 Å². The van der Waals surface area contributed by atoms with Gasteiger partial charge in [-0.25, -0.2) is 8.78 Å². The molecule has 0 fully saturated rings. The first-order valence-corrected chi connectivity index (χ1v) is 5.26. The molecule has 1 aromatic rings. The fraction of sp³-hybridized carbons (Fsp3) is 0.500. The Morgan fingerprint density at radius 2 is 1.87 bits per heavy atom. The summed E-state index contributed by atoms with van der Waals surface area (Å²) in [6.45, 7) is 1.88.